The van der Waals surface area contributed by atoms with E-state index in [4.69, 9.17) is 0 Å². The zero-order chi connectivity index (χ0) is 12.4. The molecule has 2 aliphatic rings. The molecule has 104 valence electrons. The van der Waals surface area contributed by atoms with Crippen molar-refractivity contribution in [1.82, 2.24) is 10.2 Å². The van der Waals surface area contributed by atoms with Crippen molar-refractivity contribution in [2.45, 2.75) is 31.2 Å². The second-order valence-corrected chi connectivity index (χ2v) is 5.47. The molecule has 1 N–H and O–H groups in total. The summed E-state index contributed by atoms with van der Waals surface area (Å²) in [5.74, 6) is 0.0590. The summed E-state index contributed by atoms with van der Waals surface area (Å²) in [4.78, 5) is 14.6. The molecule has 0 atom stereocenters. The fraction of sp³-hybridized carbons (Fsp3) is 0.533. The summed E-state index contributed by atoms with van der Waals surface area (Å²) in [5.41, 5.74) is 1.03. The number of nitrogens with zero attached hydrogens (tertiary/aromatic N) is 1. The van der Waals surface area contributed by atoms with Crippen molar-refractivity contribution in [2.24, 2.45) is 0 Å². The molecule has 0 bridgehead atoms. The van der Waals surface area contributed by atoms with Crippen LogP contribution in [0.15, 0.2) is 30.3 Å². The van der Waals surface area contributed by atoms with Gasteiger partial charge in [0.1, 0.15) is 0 Å². The van der Waals surface area contributed by atoms with Crippen LogP contribution in [-0.2, 0) is 0 Å². The number of rotatable bonds is 3. The Balaban J connectivity index is 0.00000133. The molecule has 2 fully saturated rings. The first-order valence-corrected chi connectivity index (χ1v) is 6.89. The lowest BCUT2D eigenvalue weighted by molar-refractivity contribution is 0.0919. The summed E-state index contributed by atoms with van der Waals surface area (Å²) in [6.07, 6.45) is 5.03. The Bertz CT molecular complexity index is 425. The molecule has 0 aliphatic carbocycles. The highest BCUT2D eigenvalue weighted by atomic mass is 35.5. The number of nitrogens with one attached hydrogen (secondary N) is 1. The quantitative estimate of drug-likeness (QED) is 0.922. The van der Waals surface area contributed by atoms with Crippen LogP contribution in [0.1, 0.15) is 36.0 Å². The van der Waals surface area contributed by atoms with Gasteiger partial charge in [0.05, 0.1) is 0 Å². The minimum absolute atomic E-state index is 0. The molecule has 19 heavy (non-hydrogen) atoms. The monoisotopic (exact) mass is 280 g/mol. The molecule has 1 aromatic carbocycles. The van der Waals surface area contributed by atoms with Gasteiger partial charge in [-0.2, -0.15) is 0 Å². The van der Waals surface area contributed by atoms with Gasteiger partial charge in [0.25, 0.3) is 5.91 Å². The lowest BCUT2D eigenvalue weighted by atomic mass is 9.94. The maximum absolute atomic E-state index is 12.1. The summed E-state index contributed by atoms with van der Waals surface area (Å²) >= 11 is 0. The Morgan fingerprint density at radius 3 is 2.42 bits per heavy atom. The SMILES string of the molecule is Cl.O=C(NCC12CCCN1CCC2)c1ccccc1. The fourth-order valence-electron chi connectivity index (χ4n) is 3.45. The standard InChI is InChI=1S/C15H20N2O.ClH/c18-14(13-6-2-1-3-7-13)16-12-15-8-4-10-17(15)11-5-9-15;/h1-3,6-7H,4-5,8-12H2,(H,16,18);1H. The van der Waals surface area contributed by atoms with Crippen molar-refractivity contribution in [3.05, 3.63) is 35.9 Å². The molecule has 1 amide bonds. The molecule has 0 saturated carbocycles. The average Bonchev–Trinajstić information content (AvgIpc) is 2.96. The van der Waals surface area contributed by atoms with Crippen LogP contribution in [0.3, 0.4) is 0 Å². The maximum Gasteiger partial charge on any atom is 0.251 e. The van der Waals surface area contributed by atoms with Gasteiger partial charge in [0.2, 0.25) is 0 Å². The summed E-state index contributed by atoms with van der Waals surface area (Å²) in [6, 6.07) is 9.49. The molecule has 4 heteroatoms. The molecule has 2 saturated heterocycles. The largest absolute Gasteiger partial charge is 0.350 e. The smallest absolute Gasteiger partial charge is 0.251 e. The summed E-state index contributed by atoms with van der Waals surface area (Å²) in [5, 5.41) is 3.12. The second kappa shape index (κ2) is 5.93. The third kappa shape index (κ3) is 2.77. The molecule has 3 nitrogen and oxygen atoms in total. The molecule has 2 heterocycles. The van der Waals surface area contributed by atoms with Crippen molar-refractivity contribution in [1.29, 1.82) is 0 Å². The van der Waals surface area contributed by atoms with Gasteiger partial charge in [-0.25, -0.2) is 0 Å². The predicted molar refractivity (Wildman–Crippen MR) is 78.8 cm³/mol. The summed E-state index contributed by atoms with van der Waals surface area (Å²) in [6.45, 7) is 3.23. The van der Waals surface area contributed by atoms with E-state index in [1.807, 2.05) is 30.3 Å². The minimum atomic E-state index is 0. The van der Waals surface area contributed by atoms with Crippen LogP contribution in [0.2, 0.25) is 0 Å². The maximum atomic E-state index is 12.1. The summed E-state index contributed by atoms with van der Waals surface area (Å²) in [7, 11) is 0. The predicted octanol–water partition coefficient (Wildman–Crippen LogP) is 2.47. The zero-order valence-corrected chi connectivity index (χ0v) is 11.9. The lowest BCUT2D eigenvalue weighted by Gasteiger charge is -2.32. The van der Waals surface area contributed by atoms with Crippen molar-refractivity contribution >= 4 is 18.3 Å². The Morgan fingerprint density at radius 1 is 1.16 bits per heavy atom. The average molecular weight is 281 g/mol. The Kier molecular flexibility index (Phi) is 4.48. The zero-order valence-electron chi connectivity index (χ0n) is 11.1. The first-order chi connectivity index (χ1) is 8.80. The van der Waals surface area contributed by atoms with E-state index in [-0.39, 0.29) is 23.9 Å². The van der Waals surface area contributed by atoms with E-state index in [2.05, 4.69) is 10.2 Å². The number of amides is 1. The number of carbonyl (C=O) groups excluding carboxylic acids is 1. The first kappa shape index (κ1) is 14.4. The topological polar surface area (TPSA) is 32.3 Å². The number of hydrogen-bond acceptors (Lipinski definition) is 2. The van der Waals surface area contributed by atoms with Gasteiger partial charge in [-0.05, 0) is 50.9 Å². The van der Waals surface area contributed by atoms with Gasteiger partial charge in [-0.3, -0.25) is 9.69 Å². The number of benzene rings is 1. The van der Waals surface area contributed by atoms with Gasteiger partial charge in [0, 0.05) is 17.6 Å². The Morgan fingerprint density at radius 2 is 1.79 bits per heavy atom. The van der Waals surface area contributed by atoms with E-state index in [1.54, 1.807) is 0 Å². The van der Waals surface area contributed by atoms with Crippen molar-refractivity contribution in [3.8, 4) is 0 Å². The highest BCUT2D eigenvalue weighted by molar-refractivity contribution is 5.94. The van der Waals surface area contributed by atoms with Gasteiger partial charge in [-0.1, -0.05) is 18.2 Å². The first-order valence-electron chi connectivity index (χ1n) is 6.89. The fourth-order valence-corrected chi connectivity index (χ4v) is 3.45. The van der Waals surface area contributed by atoms with E-state index in [0.29, 0.717) is 0 Å². The number of fused-ring (bicyclic) bond motifs is 1. The van der Waals surface area contributed by atoms with Crippen LogP contribution in [0, 0.1) is 0 Å². The third-order valence-electron chi connectivity index (χ3n) is 4.43. The van der Waals surface area contributed by atoms with Crippen molar-refractivity contribution in [2.75, 3.05) is 19.6 Å². The van der Waals surface area contributed by atoms with Gasteiger partial charge in [-0.15, -0.1) is 12.4 Å². The minimum Gasteiger partial charge on any atom is -0.350 e. The number of hydrogen-bond donors (Lipinski definition) is 1. The van der Waals surface area contributed by atoms with Crippen molar-refractivity contribution < 1.29 is 4.79 Å². The van der Waals surface area contributed by atoms with Gasteiger partial charge in [0.15, 0.2) is 0 Å². The molecule has 2 aliphatic heterocycles. The highest BCUT2D eigenvalue weighted by Crippen LogP contribution is 2.38. The molecule has 0 radical (unpaired) electrons. The van der Waals surface area contributed by atoms with Crippen LogP contribution < -0.4 is 5.32 Å². The Labute approximate surface area is 120 Å². The highest BCUT2D eigenvalue weighted by Gasteiger charge is 2.44. The number of halogens is 1. The van der Waals surface area contributed by atoms with E-state index in [9.17, 15) is 4.79 Å². The molecular weight excluding hydrogens is 260 g/mol. The second-order valence-electron chi connectivity index (χ2n) is 5.47. The van der Waals surface area contributed by atoms with Crippen LogP contribution in [0.25, 0.3) is 0 Å². The van der Waals surface area contributed by atoms with E-state index < -0.39 is 0 Å². The Hall–Kier alpha value is -1.06. The molecule has 0 spiro atoms. The lowest BCUT2D eigenvalue weighted by Crippen LogP contribution is -2.48. The molecule has 0 unspecified atom stereocenters. The van der Waals surface area contributed by atoms with E-state index >= 15 is 0 Å². The molecule has 0 aromatic heterocycles. The third-order valence-corrected chi connectivity index (χ3v) is 4.43. The molecular formula is C15H21ClN2O. The van der Waals surface area contributed by atoms with Crippen LogP contribution in [0.4, 0.5) is 0 Å². The van der Waals surface area contributed by atoms with Gasteiger partial charge >= 0.3 is 0 Å². The number of carbonyl (C=O) groups is 1. The van der Waals surface area contributed by atoms with E-state index in [1.165, 1.54) is 38.8 Å². The van der Waals surface area contributed by atoms with E-state index in [0.717, 1.165) is 12.1 Å². The van der Waals surface area contributed by atoms with Crippen LogP contribution >= 0.6 is 12.4 Å². The summed E-state index contributed by atoms with van der Waals surface area (Å²) < 4.78 is 0. The van der Waals surface area contributed by atoms with Gasteiger partial charge < -0.3 is 5.32 Å². The molecule has 3 rings (SSSR count). The van der Waals surface area contributed by atoms with Crippen molar-refractivity contribution in [3.63, 3.8) is 0 Å². The van der Waals surface area contributed by atoms with Crippen LogP contribution in [0.5, 0.6) is 0 Å². The normalized spacial score (nSPS) is 20.6. The molecule has 1 aromatic rings. The van der Waals surface area contributed by atoms with Crippen LogP contribution in [-0.4, -0.2) is 36.0 Å².